The van der Waals surface area contributed by atoms with Gasteiger partial charge < -0.3 is 15.9 Å². The molecule has 1 aromatic rings. The zero-order valence-electron chi connectivity index (χ0n) is 13.0. The number of allylic oxidation sites excluding steroid dienone is 2. The van der Waals surface area contributed by atoms with E-state index >= 15 is 0 Å². The molecule has 0 amide bonds. The molecule has 0 fully saturated rings. The molecule has 8 heteroatoms. The fourth-order valence-electron chi connectivity index (χ4n) is 2.06. The molecular formula is C16H18N2O6. The van der Waals surface area contributed by atoms with Gasteiger partial charge in [-0.1, -0.05) is 23.8 Å². The molecule has 0 aliphatic rings. The predicted molar refractivity (Wildman–Crippen MR) is 87.2 cm³/mol. The van der Waals surface area contributed by atoms with E-state index in [2.05, 4.69) is 0 Å². The Morgan fingerprint density at radius 1 is 1.25 bits per heavy atom. The average molecular weight is 334 g/mol. The van der Waals surface area contributed by atoms with Crippen LogP contribution in [-0.4, -0.2) is 33.1 Å². The molecule has 1 rings (SSSR count). The molecule has 128 valence electrons. The minimum atomic E-state index is -1.66. The highest BCUT2D eigenvalue weighted by atomic mass is 16.6. The summed E-state index contributed by atoms with van der Waals surface area (Å²) in [6, 6.07) is 4.92. The highest BCUT2D eigenvalue weighted by Gasteiger charge is 2.32. The summed E-state index contributed by atoms with van der Waals surface area (Å²) in [6.45, 7) is 1.71. The van der Waals surface area contributed by atoms with Crippen LogP contribution >= 0.6 is 0 Å². The van der Waals surface area contributed by atoms with E-state index < -0.39 is 28.8 Å². The van der Waals surface area contributed by atoms with Gasteiger partial charge in [0.15, 0.2) is 5.92 Å². The lowest BCUT2D eigenvalue weighted by Crippen LogP contribution is -2.40. The summed E-state index contributed by atoms with van der Waals surface area (Å²) in [5, 5.41) is 28.3. The number of benzene rings is 1. The van der Waals surface area contributed by atoms with Gasteiger partial charge in [0.25, 0.3) is 5.69 Å². The first-order valence-electron chi connectivity index (χ1n) is 7.02. The Morgan fingerprint density at radius 2 is 1.79 bits per heavy atom. The van der Waals surface area contributed by atoms with Crippen molar-refractivity contribution in [3.05, 3.63) is 57.7 Å². The Bertz CT molecular complexity index is 664. The summed E-state index contributed by atoms with van der Waals surface area (Å²) in [6.07, 6.45) is 5.19. The number of nitro groups is 1. The molecule has 0 radical (unpaired) electrons. The van der Waals surface area contributed by atoms with E-state index in [0.29, 0.717) is 5.57 Å². The molecule has 0 aliphatic heterocycles. The maximum atomic E-state index is 10.9. The van der Waals surface area contributed by atoms with Gasteiger partial charge in [-0.25, -0.2) is 0 Å². The molecule has 0 bridgehead atoms. The predicted octanol–water partition coefficient (Wildman–Crippen LogP) is 2.06. The standard InChI is InChI=1S/C16H18N2O6/c1-10(9-13(17)14(15(19)20)16(21)22)3-2-4-11-5-7-12(8-6-11)18(23)24/h2-8,13-14H,9,17H2,1H3,(H,19,20)(H,21,22)/t13-/m0/s1. The molecule has 4 N–H and O–H groups in total. The highest BCUT2D eigenvalue weighted by Crippen LogP contribution is 2.15. The summed E-state index contributed by atoms with van der Waals surface area (Å²) in [7, 11) is 0. The third kappa shape index (κ3) is 5.65. The first kappa shape index (κ1) is 19.0. The van der Waals surface area contributed by atoms with Crippen LogP contribution in [0.15, 0.2) is 42.0 Å². The molecule has 0 saturated heterocycles. The number of carbonyl (C=O) groups is 2. The number of rotatable bonds is 8. The Labute approximate surface area is 138 Å². The zero-order chi connectivity index (χ0) is 18.3. The molecule has 24 heavy (non-hydrogen) atoms. The highest BCUT2D eigenvalue weighted by molar-refractivity contribution is 5.93. The number of non-ortho nitro benzene ring substituents is 1. The smallest absolute Gasteiger partial charge is 0.319 e. The van der Waals surface area contributed by atoms with Crippen molar-refractivity contribution in [3.63, 3.8) is 0 Å². The molecule has 8 nitrogen and oxygen atoms in total. The summed E-state index contributed by atoms with van der Waals surface area (Å²) < 4.78 is 0. The normalized spacial score (nSPS) is 13.2. The molecule has 0 saturated carbocycles. The Kier molecular flexibility index (Phi) is 6.81. The van der Waals surface area contributed by atoms with Crippen molar-refractivity contribution in [1.82, 2.24) is 0 Å². The summed E-state index contributed by atoms with van der Waals surface area (Å²) in [5.41, 5.74) is 7.13. The van der Waals surface area contributed by atoms with E-state index in [1.165, 1.54) is 12.1 Å². The van der Waals surface area contributed by atoms with Crippen LogP contribution in [0.5, 0.6) is 0 Å². The van der Waals surface area contributed by atoms with E-state index in [1.807, 2.05) is 0 Å². The van der Waals surface area contributed by atoms with E-state index in [9.17, 15) is 19.7 Å². The molecule has 1 aromatic carbocycles. The second-order valence-corrected chi connectivity index (χ2v) is 5.24. The quantitative estimate of drug-likeness (QED) is 0.285. The number of aliphatic carboxylic acids is 2. The van der Waals surface area contributed by atoms with Crippen molar-refractivity contribution in [1.29, 1.82) is 0 Å². The maximum Gasteiger partial charge on any atom is 0.319 e. The number of hydrogen-bond donors (Lipinski definition) is 3. The minimum Gasteiger partial charge on any atom is -0.481 e. The van der Waals surface area contributed by atoms with Crippen molar-refractivity contribution in [2.75, 3.05) is 0 Å². The van der Waals surface area contributed by atoms with Gasteiger partial charge in [-0.05, 0) is 31.0 Å². The van der Waals surface area contributed by atoms with Crippen molar-refractivity contribution in [2.45, 2.75) is 19.4 Å². The Hall–Kier alpha value is -3.00. The van der Waals surface area contributed by atoms with Gasteiger partial charge in [-0.3, -0.25) is 19.7 Å². The third-order valence-corrected chi connectivity index (χ3v) is 3.29. The van der Waals surface area contributed by atoms with Gasteiger partial charge in [-0.15, -0.1) is 0 Å². The van der Waals surface area contributed by atoms with Crippen LogP contribution < -0.4 is 5.73 Å². The first-order valence-corrected chi connectivity index (χ1v) is 7.02. The van der Waals surface area contributed by atoms with Gasteiger partial charge in [0.1, 0.15) is 0 Å². The molecule has 0 aromatic heterocycles. The second-order valence-electron chi connectivity index (χ2n) is 5.24. The van der Waals surface area contributed by atoms with E-state index in [1.54, 1.807) is 37.3 Å². The lowest BCUT2D eigenvalue weighted by molar-refractivity contribution is -0.384. The minimum absolute atomic E-state index is 0.00164. The van der Waals surface area contributed by atoms with E-state index in [-0.39, 0.29) is 12.1 Å². The number of nitrogens with zero attached hydrogens (tertiary/aromatic N) is 1. The van der Waals surface area contributed by atoms with Crippen molar-refractivity contribution in [3.8, 4) is 0 Å². The molecule has 1 atom stereocenters. The fraction of sp³-hybridized carbons (Fsp3) is 0.250. The van der Waals surface area contributed by atoms with Crippen molar-refractivity contribution >= 4 is 23.7 Å². The SMILES string of the molecule is CC(=CC=Cc1ccc([N+](=O)[O-])cc1)C[C@H](N)C(C(=O)O)C(=O)O. The van der Waals surface area contributed by atoms with E-state index in [0.717, 1.165) is 5.56 Å². The second kappa shape index (κ2) is 8.59. The molecule has 0 spiro atoms. The molecular weight excluding hydrogens is 316 g/mol. The number of nitrogens with two attached hydrogens (primary N) is 1. The fourth-order valence-corrected chi connectivity index (χ4v) is 2.06. The van der Waals surface area contributed by atoms with Crippen LogP contribution in [0, 0.1) is 16.0 Å². The van der Waals surface area contributed by atoms with Crippen LogP contribution in [0.2, 0.25) is 0 Å². The van der Waals surface area contributed by atoms with Gasteiger partial charge in [0, 0.05) is 18.2 Å². The molecule has 0 aliphatic carbocycles. The Balaban J connectivity index is 2.70. The Morgan fingerprint density at radius 3 is 2.25 bits per heavy atom. The van der Waals surface area contributed by atoms with Crippen molar-refractivity contribution in [2.24, 2.45) is 11.7 Å². The average Bonchev–Trinajstić information content (AvgIpc) is 2.46. The van der Waals surface area contributed by atoms with Gasteiger partial charge in [0.05, 0.1) is 4.92 Å². The van der Waals surface area contributed by atoms with Crippen molar-refractivity contribution < 1.29 is 24.7 Å². The lowest BCUT2D eigenvalue weighted by Gasteiger charge is -2.16. The van der Waals surface area contributed by atoms with Gasteiger partial charge in [0.2, 0.25) is 0 Å². The van der Waals surface area contributed by atoms with Crippen LogP contribution in [-0.2, 0) is 9.59 Å². The van der Waals surface area contributed by atoms with Crippen LogP contribution in [0.1, 0.15) is 18.9 Å². The lowest BCUT2D eigenvalue weighted by atomic mass is 9.94. The largest absolute Gasteiger partial charge is 0.481 e. The monoisotopic (exact) mass is 334 g/mol. The van der Waals surface area contributed by atoms with Crippen LogP contribution in [0.4, 0.5) is 5.69 Å². The van der Waals surface area contributed by atoms with Crippen LogP contribution in [0.25, 0.3) is 6.08 Å². The first-order chi connectivity index (χ1) is 11.2. The van der Waals surface area contributed by atoms with Gasteiger partial charge in [-0.2, -0.15) is 0 Å². The summed E-state index contributed by atoms with van der Waals surface area (Å²) in [4.78, 5) is 31.9. The summed E-state index contributed by atoms with van der Waals surface area (Å²) >= 11 is 0. The molecule has 0 unspecified atom stereocenters. The number of carboxylic acid groups (broad SMARTS) is 2. The van der Waals surface area contributed by atoms with Gasteiger partial charge >= 0.3 is 11.9 Å². The zero-order valence-corrected chi connectivity index (χ0v) is 13.0. The third-order valence-electron chi connectivity index (χ3n) is 3.29. The maximum absolute atomic E-state index is 10.9. The number of carboxylic acids is 2. The summed E-state index contributed by atoms with van der Waals surface area (Å²) in [5.74, 6) is -4.60. The number of nitro benzene ring substituents is 1. The van der Waals surface area contributed by atoms with Crippen LogP contribution in [0.3, 0.4) is 0 Å². The topological polar surface area (TPSA) is 144 Å². The number of hydrogen-bond acceptors (Lipinski definition) is 5. The molecule has 0 heterocycles. The van der Waals surface area contributed by atoms with E-state index in [4.69, 9.17) is 15.9 Å².